The highest BCUT2D eigenvalue weighted by Gasteiger charge is 2.20. The molecular formula is C13H17BrClN5. The minimum Gasteiger partial charge on any atom is -0.307 e. The minimum atomic E-state index is 0.568. The van der Waals surface area contributed by atoms with Gasteiger partial charge in [-0.15, -0.1) is 11.6 Å². The molecule has 0 aromatic carbocycles. The Morgan fingerprint density at radius 2 is 2.05 bits per heavy atom. The third-order valence-electron chi connectivity index (χ3n) is 3.59. The smallest absolute Gasteiger partial charge is 0.179 e. The zero-order valence-corrected chi connectivity index (χ0v) is 13.7. The third kappa shape index (κ3) is 2.64. The van der Waals surface area contributed by atoms with E-state index in [1.54, 1.807) is 0 Å². The van der Waals surface area contributed by atoms with Crippen molar-refractivity contribution < 1.29 is 0 Å². The number of aromatic nitrogens is 3. The molecule has 0 saturated carbocycles. The number of hydrogen-bond donors (Lipinski definition) is 0. The van der Waals surface area contributed by atoms with Crippen molar-refractivity contribution in [2.24, 2.45) is 0 Å². The molecule has 0 N–H and O–H groups in total. The largest absolute Gasteiger partial charge is 0.307 e. The first-order valence-electron chi connectivity index (χ1n) is 6.71. The molecule has 1 saturated heterocycles. The van der Waals surface area contributed by atoms with Gasteiger partial charge in [-0.05, 0) is 29.0 Å². The summed E-state index contributed by atoms with van der Waals surface area (Å²) < 4.78 is 3.10. The van der Waals surface area contributed by atoms with Gasteiger partial charge in [-0.3, -0.25) is 0 Å². The third-order valence-corrected chi connectivity index (χ3v) is 4.21. The number of pyridine rings is 1. The highest BCUT2D eigenvalue weighted by molar-refractivity contribution is 9.10. The molecule has 1 fully saturated rings. The quantitative estimate of drug-likeness (QED) is 0.785. The number of piperazine rings is 1. The summed E-state index contributed by atoms with van der Waals surface area (Å²) in [6.45, 7) is 4.07. The second-order valence-corrected chi connectivity index (χ2v) is 6.33. The lowest BCUT2D eigenvalue weighted by atomic mass is 10.4. The van der Waals surface area contributed by atoms with Gasteiger partial charge in [0.1, 0.15) is 11.3 Å². The van der Waals surface area contributed by atoms with E-state index in [-0.39, 0.29) is 0 Å². The van der Waals surface area contributed by atoms with Crippen LogP contribution in [0, 0.1) is 0 Å². The maximum absolute atomic E-state index is 5.92. The summed E-state index contributed by atoms with van der Waals surface area (Å²) in [6, 6.07) is 2.01. The van der Waals surface area contributed by atoms with Crippen LogP contribution in [0.5, 0.6) is 0 Å². The fourth-order valence-electron chi connectivity index (χ4n) is 2.51. The average Bonchev–Trinajstić information content (AvgIpc) is 2.77. The van der Waals surface area contributed by atoms with E-state index in [0.717, 1.165) is 54.1 Å². The van der Waals surface area contributed by atoms with E-state index in [0.29, 0.717) is 5.88 Å². The number of imidazole rings is 1. The molecule has 0 spiro atoms. The summed E-state index contributed by atoms with van der Waals surface area (Å²) in [5.41, 5.74) is 1.83. The van der Waals surface area contributed by atoms with Crippen molar-refractivity contribution in [3.05, 3.63) is 22.6 Å². The van der Waals surface area contributed by atoms with E-state index in [1.165, 1.54) is 0 Å². The first-order valence-corrected chi connectivity index (χ1v) is 8.04. The molecule has 0 atom stereocenters. The molecule has 1 aliphatic rings. The highest BCUT2D eigenvalue weighted by atomic mass is 79.9. The number of aryl methyl sites for hydroxylation is 1. The van der Waals surface area contributed by atoms with Crippen molar-refractivity contribution in [2.45, 2.75) is 6.42 Å². The van der Waals surface area contributed by atoms with Gasteiger partial charge < -0.3 is 9.91 Å². The Kier molecular flexibility index (Phi) is 4.14. The van der Waals surface area contributed by atoms with Crippen LogP contribution in [0.15, 0.2) is 16.7 Å². The van der Waals surface area contributed by atoms with Gasteiger partial charge in [-0.1, -0.05) is 0 Å². The average molecular weight is 359 g/mol. The molecule has 2 aromatic rings. The highest BCUT2D eigenvalue weighted by Crippen LogP contribution is 2.20. The Bertz CT molecular complexity index is 606. The molecule has 7 heteroatoms. The normalized spacial score (nSPS) is 17.1. The fraction of sp³-hybridized carbons (Fsp3) is 0.538. The molecule has 0 unspecified atom stereocenters. The molecule has 2 aromatic heterocycles. The first-order chi connectivity index (χ1) is 9.69. The van der Waals surface area contributed by atoms with E-state index in [9.17, 15) is 0 Å². The van der Waals surface area contributed by atoms with Gasteiger partial charge in [-0.2, -0.15) is 0 Å². The number of halogens is 2. The number of fused-ring (bicyclic) bond motifs is 1. The summed E-state index contributed by atoms with van der Waals surface area (Å²) in [5.74, 6) is 1.56. The SMILES string of the molecule is CN1CCN(n2c(CCCl)nc3cc(Br)cnc32)CC1. The monoisotopic (exact) mass is 357 g/mol. The molecule has 3 rings (SSSR count). The summed E-state index contributed by atoms with van der Waals surface area (Å²) >= 11 is 9.37. The van der Waals surface area contributed by atoms with Crippen molar-refractivity contribution >= 4 is 38.7 Å². The molecule has 108 valence electrons. The predicted molar refractivity (Wildman–Crippen MR) is 85.1 cm³/mol. The van der Waals surface area contributed by atoms with E-state index in [4.69, 9.17) is 11.6 Å². The van der Waals surface area contributed by atoms with Crippen LogP contribution in [0.1, 0.15) is 5.82 Å². The lowest BCUT2D eigenvalue weighted by Gasteiger charge is -2.35. The minimum absolute atomic E-state index is 0.568. The zero-order chi connectivity index (χ0) is 14.1. The molecule has 5 nitrogen and oxygen atoms in total. The van der Waals surface area contributed by atoms with E-state index in [2.05, 4.69) is 47.5 Å². The predicted octanol–water partition coefficient (Wildman–Crippen LogP) is 1.86. The maximum Gasteiger partial charge on any atom is 0.179 e. The molecule has 0 aliphatic carbocycles. The van der Waals surface area contributed by atoms with Gasteiger partial charge in [0.05, 0.1) is 0 Å². The summed E-state index contributed by atoms with van der Waals surface area (Å²) in [6.07, 6.45) is 2.57. The molecule has 20 heavy (non-hydrogen) atoms. The van der Waals surface area contributed by atoms with Gasteiger partial charge in [-0.25, -0.2) is 14.6 Å². The Hall–Kier alpha value is -0.850. The molecule has 1 aliphatic heterocycles. The molecule has 0 amide bonds. The van der Waals surface area contributed by atoms with Crippen LogP contribution in [-0.4, -0.2) is 58.7 Å². The van der Waals surface area contributed by atoms with Gasteiger partial charge in [0, 0.05) is 49.1 Å². The lowest BCUT2D eigenvalue weighted by Crippen LogP contribution is -2.50. The number of likely N-dealkylation sites (N-methyl/N-ethyl adjacent to an activating group) is 1. The van der Waals surface area contributed by atoms with Gasteiger partial charge in [0.2, 0.25) is 0 Å². The summed E-state index contributed by atoms with van der Waals surface area (Å²) in [7, 11) is 2.15. The van der Waals surface area contributed by atoms with Crippen LogP contribution in [0.3, 0.4) is 0 Å². The number of nitrogens with zero attached hydrogens (tertiary/aromatic N) is 5. The molecule has 0 radical (unpaired) electrons. The van der Waals surface area contributed by atoms with Crippen LogP contribution < -0.4 is 5.01 Å². The maximum atomic E-state index is 5.92. The Morgan fingerprint density at radius 3 is 2.75 bits per heavy atom. The van der Waals surface area contributed by atoms with Gasteiger partial charge in [0.25, 0.3) is 0 Å². The lowest BCUT2D eigenvalue weighted by molar-refractivity contribution is 0.287. The second kappa shape index (κ2) is 5.87. The van der Waals surface area contributed by atoms with Crippen molar-refractivity contribution in [1.82, 2.24) is 19.5 Å². The Morgan fingerprint density at radius 1 is 1.30 bits per heavy atom. The van der Waals surface area contributed by atoms with Crippen LogP contribution in [0.4, 0.5) is 0 Å². The molecule has 0 bridgehead atoms. The van der Waals surface area contributed by atoms with E-state index < -0.39 is 0 Å². The Labute approximate surface area is 131 Å². The number of alkyl halides is 1. The topological polar surface area (TPSA) is 37.2 Å². The van der Waals surface area contributed by atoms with E-state index in [1.807, 2.05) is 12.3 Å². The first kappa shape index (κ1) is 14.1. The second-order valence-electron chi connectivity index (χ2n) is 5.03. The molecule has 3 heterocycles. The summed E-state index contributed by atoms with van der Waals surface area (Å²) in [4.78, 5) is 11.6. The van der Waals surface area contributed by atoms with Crippen LogP contribution >= 0.6 is 27.5 Å². The fourth-order valence-corrected chi connectivity index (χ4v) is 3.00. The van der Waals surface area contributed by atoms with Crippen LogP contribution in [0.2, 0.25) is 0 Å². The van der Waals surface area contributed by atoms with Gasteiger partial charge in [0.15, 0.2) is 5.65 Å². The van der Waals surface area contributed by atoms with Crippen molar-refractivity contribution in [1.29, 1.82) is 0 Å². The number of rotatable bonds is 3. The van der Waals surface area contributed by atoms with Crippen molar-refractivity contribution in [3.63, 3.8) is 0 Å². The van der Waals surface area contributed by atoms with Crippen molar-refractivity contribution in [2.75, 3.05) is 44.1 Å². The standard InChI is InChI=1S/C13H17BrClN5/c1-18-4-6-19(7-5-18)20-12(2-3-15)17-11-8-10(14)9-16-13(11)20/h8-9H,2-7H2,1H3. The van der Waals surface area contributed by atoms with Crippen LogP contribution in [0.25, 0.3) is 11.2 Å². The van der Waals surface area contributed by atoms with Gasteiger partial charge >= 0.3 is 0 Å². The summed E-state index contributed by atoms with van der Waals surface area (Å²) in [5, 5.41) is 2.32. The number of hydrogen-bond acceptors (Lipinski definition) is 4. The molecular weight excluding hydrogens is 342 g/mol. The Balaban J connectivity index is 2.04. The van der Waals surface area contributed by atoms with Crippen LogP contribution in [-0.2, 0) is 6.42 Å². The van der Waals surface area contributed by atoms with E-state index >= 15 is 0 Å². The van der Waals surface area contributed by atoms with Crippen molar-refractivity contribution in [3.8, 4) is 0 Å². The zero-order valence-electron chi connectivity index (χ0n) is 11.4.